The number of rotatable bonds is 2. The molecule has 1 saturated carbocycles. The minimum atomic E-state index is -4.75. The maximum atomic E-state index is 12.9. The van der Waals surface area contributed by atoms with Crippen molar-refractivity contribution in [3.05, 3.63) is 17.0 Å². The highest BCUT2D eigenvalue weighted by molar-refractivity contribution is 5.87. The summed E-state index contributed by atoms with van der Waals surface area (Å²) in [7, 11) is 0. The van der Waals surface area contributed by atoms with Crippen molar-refractivity contribution in [1.29, 1.82) is 0 Å². The molecule has 1 aliphatic carbocycles. The van der Waals surface area contributed by atoms with Crippen molar-refractivity contribution in [2.45, 2.75) is 44.2 Å². The number of aromatic nitrogens is 1. The van der Waals surface area contributed by atoms with Gasteiger partial charge in [0.1, 0.15) is 5.56 Å². The van der Waals surface area contributed by atoms with E-state index in [1.165, 1.54) is 0 Å². The summed E-state index contributed by atoms with van der Waals surface area (Å²) in [6.07, 6.45) is -0.955. The van der Waals surface area contributed by atoms with Crippen molar-refractivity contribution >= 4 is 5.97 Å². The molecule has 1 heterocycles. The van der Waals surface area contributed by atoms with Gasteiger partial charge in [0, 0.05) is 5.92 Å². The van der Waals surface area contributed by atoms with E-state index in [2.05, 4.69) is 9.68 Å². The van der Waals surface area contributed by atoms with Crippen LogP contribution in [0.1, 0.15) is 59.8 Å². The van der Waals surface area contributed by atoms with Gasteiger partial charge in [-0.3, -0.25) is 0 Å². The number of carboxylic acid groups (broad SMARTS) is 1. The Bertz CT molecular complexity index is 447. The van der Waals surface area contributed by atoms with E-state index in [0.29, 0.717) is 12.8 Å². The van der Waals surface area contributed by atoms with Crippen LogP contribution in [0, 0.1) is 0 Å². The van der Waals surface area contributed by atoms with Crippen molar-refractivity contribution < 1.29 is 27.6 Å². The van der Waals surface area contributed by atoms with E-state index < -0.39 is 23.4 Å². The number of aromatic carboxylic acids is 1. The van der Waals surface area contributed by atoms with Crippen LogP contribution < -0.4 is 0 Å². The van der Waals surface area contributed by atoms with Crippen LogP contribution in [0.4, 0.5) is 13.2 Å². The Morgan fingerprint density at radius 2 is 1.89 bits per heavy atom. The molecule has 0 radical (unpaired) electrons. The quantitative estimate of drug-likeness (QED) is 0.887. The molecule has 7 heteroatoms. The second-order valence-electron chi connectivity index (χ2n) is 4.41. The summed E-state index contributed by atoms with van der Waals surface area (Å²) in [5.41, 5.74) is -2.26. The van der Waals surface area contributed by atoms with E-state index in [1.54, 1.807) is 0 Å². The lowest BCUT2D eigenvalue weighted by Crippen LogP contribution is -2.16. The molecule has 0 atom stereocenters. The first-order valence-corrected chi connectivity index (χ1v) is 5.71. The summed E-state index contributed by atoms with van der Waals surface area (Å²) in [5, 5.41) is 11.8. The van der Waals surface area contributed by atoms with Crippen LogP contribution in [0.5, 0.6) is 0 Å². The fraction of sp³-hybridized carbons (Fsp3) is 0.636. The van der Waals surface area contributed by atoms with Crippen LogP contribution in [0.15, 0.2) is 4.52 Å². The van der Waals surface area contributed by atoms with Crippen LogP contribution in [0.2, 0.25) is 0 Å². The SMILES string of the molecule is O=C(O)c1noc(C2CCCCC2)c1C(F)(F)F. The highest BCUT2D eigenvalue weighted by Gasteiger charge is 2.44. The lowest BCUT2D eigenvalue weighted by atomic mass is 9.85. The molecule has 1 N–H and O–H groups in total. The zero-order valence-electron chi connectivity index (χ0n) is 9.46. The molecule has 1 aliphatic rings. The standard InChI is InChI=1S/C11H12F3NO3/c12-11(13,14)7-8(10(16)17)15-18-9(7)6-4-2-1-3-5-6/h6H,1-5H2,(H,16,17). The van der Waals surface area contributed by atoms with Crippen molar-refractivity contribution in [2.75, 3.05) is 0 Å². The largest absolute Gasteiger partial charge is 0.476 e. The monoisotopic (exact) mass is 263 g/mol. The molecule has 2 rings (SSSR count). The van der Waals surface area contributed by atoms with Crippen molar-refractivity contribution in [1.82, 2.24) is 5.16 Å². The highest BCUT2D eigenvalue weighted by atomic mass is 19.4. The van der Waals surface area contributed by atoms with Crippen molar-refractivity contribution in [3.63, 3.8) is 0 Å². The Morgan fingerprint density at radius 3 is 2.39 bits per heavy atom. The Morgan fingerprint density at radius 1 is 1.28 bits per heavy atom. The Balaban J connectivity index is 2.44. The number of alkyl halides is 3. The second kappa shape index (κ2) is 4.62. The van der Waals surface area contributed by atoms with E-state index in [-0.39, 0.29) is 11.7 Å². The average Bonchev–Trinajstić information content (AvgIpc) is 2.74. The molecule has 1 aromatic rings. The molecule has 18 heavy (non-hydrogen) atoms. The third-order valence-corrected chi connectivity index (χ3v) is 3.18. The van der Waals surface area contributed by atoms with Gasteiger partial charge in [-0.2, -0.15) is 13.2 Å². The van der Waals surface area contributed by atoms with Gasteiger partial charge >= 0.3 is 12.1 Å². The first-order chi connectivity index (χ1) is 8.41. The molecule has 0 aliphatic heterocycles. The normalized spacial score (nSPS) is 17.9. The van der Waals surface area contributed by atoms with Gasteiger partial charge in [0.15, 0.2) is 5.76 Å². The number of hydrogen-bond donors (Lipinski definition) is 1. The maximum Gasteiger partial charge on any atom is 0.422 e. The number of nitrogens with zero attached hydrogens (tertiary/aromatic N) is 1. The summed E-state index contributed by atoms with van der Waals surface area (Å²) in [5.74, 6) is -2.41. The molecular formula is C11H12F3NO3. The lowest BCUT2D eigenvalue weighted by Gasteiger charge is -2.20. The zero-order chi connectivity index (χ0) is 13.3. The summed E-state index contributed by atoms with van der Waals surface area (Å²) >= 11 is 0. The average molecular weight is 263 g/mol. The molecule has 0 spiro atoms. The number of carboxylic acids is 1. The lowest BCUT2D eigenvalue weighted by molar-refractivity contribution is -0.139. The van der Waals surface area contributed by atoms with Gasteiger partial charge in [-0.25, -0.2) is 4.79 Å². The smallest absolute Gasteiger partial charge is 0.422 e. The van der Waals surface area contributed by atoms with Crippen molar-refractivity contribution in [2.24, 2.45) is 0 Å². The van der Waals surface area contributed by atoms with Crippen LogP contribution >= 0.6 is 0 Å². The van der Waals surface area contributed by atoms with Crippen molar-refractivity contribution in [3.8, 4) is 0 Å². The van der Waals surface area contributed by atoms with E-state index >= 15 is 0 Å². The first kappa shape index (κ1) is 12.9. The molecule has 0 amide bonds. The van der Waals surface area contributed by atoms with Crippen LogP contribution in [0.3, 0.4) is 0 Å². The van der Waals surface area contributed by atoms with E-state index in [0.717, 1.165) is 19.3 Å². The van der Waals surface area contributed by atoms with Gasteiger partial charge in [0.2, 0.25) is 5.69 Å². The number of halogens is 3. The summed E-state index contributed by atoms with van der Waals surface area (Å²) in [6.45, 7) is 0. The highest BCUT2D eigenvalue weighted by Crippen LogP contribution is 2.42. The Hall–Kier alpha value is -1.53. The third-order valence-electron chi connectivity index (χ3n) is 3.18. The molecule has 1 fully saturated rings. The Labute approximate surface area is 101 Å². The molecule has 0 saturated heterocycles. The summed E-state index contributed by atoms with van der Waals surface area (Å²) in [4.78, 5) is 10.7. The number of carbonyl (C=O) groups is 1. The van der Waals surface area contributed by atoms with E-state index in [9.17, 15) is 18.0 Å². The molecule has 4 nitrogen and oxygen atoms in total. The molecule has 100 valence electrons. The van der Waals surface area contributed by atoms with Gasteiger partial charge in [0.05, 0.1) is 0 Å². The molecule has 0 aromatic carbocycles. The second-order valence-corrected chi connectivity index (χ2v) is 4.41. The third kappa shape index (κ3) is 2.34. The molecule has 0 unspecified atom stereocenters. The van der Waals surface area contributed by atoms with Crippen LogP contribution in [-0.4, -0.2) is 16.2 Å². The first-order valence-electron chi connectivity index (χ1n) is 5.71. The van der Waals surface area contributed by atoms with Gasteiger partial charge in [-0.1, -0.05) is 24.4 Å². The number of hydrogen-bond acceptors (Lipinski definition) is 3. The topological polar surface area (TPSA) is 63.3 Å². The fourth-order valence-electron chi connectivity index (χ4n) is 2.37. The summed E-state index contributed by atoms with van der Waals surface area (Å²) < 4.78 is 43.4. The fourth-order valence-corrected chi connectivity index (χ4v) is 2.37. The predicted octanol–water partition coefficient (Wildman–Crippen LogP) is 3.44. The minimum Gasteiger partial charge on any atom is -0.476 e. The van der Waals surface area contributed by atoms with Gasteiger partial charge in [-0.15, -0.1) is 0 Å². The van der Waals surface area contributed by atoms with E-state index in [1.807, 2.05) is 0 Å². The minimum absolute atomic E-state index is 0.320. The van der Waals surface area contributed by atoms with E-state index in [4.69, 9.17) is 5.11 Å². The maximum absolute atomic E-state index is 12.9. The zero-order valence-corrected chi connectivity index (χ0v) is 9.46. The van der Waals surface area contributed by atoms with Gasteiger partial charge in [0.25, 0.3) is 0 Å². The Kier molecular flexibility index (Phi) is 3.32. The van der Waals surface area contributed by atoms with Gasteiger partial charge in [-0.05, 0) is 12.8 Å². The molecule has 1 aromatic heterocycles. The summed E-state index contributed by atoms with van der Waals surface area (Å²) in [6, 6.07) is 0. The van der Waals surface area contributed by atoms with Gasteiger partial charge < -0.3 is 9.63 Å². The predicted molar refractivity (Wildman–Crippen MR) is 54.3 cm³/mol. The van der Waals surface area contributed by atoms with Crippen LogP contribution in [-0.2, 0) is 6.18 Å². The molecule has 0 bridgehead atoms. The molecular weight excluding hydrogens is 251 g/mol. The van der Waals surface area contributed by atoms with Crippen LogP contribution in [0.25, 0.3) is 0 Å².